The lowest BCUT2D eigenvalue weighted by atomic mass is 10.1. The Balaban J connectivity index is 0.00000320. The van der Waals surface area contributed by atoms with Crippen molar-refractivity contribution in [3.63, 3.8) is 0 Å². The summed E-state index contributed by atoms with van der Waals surface area (Å²) >= 11 is 0. The minimum Gasteiger partial charge on any atom is -0.497 e. The quantitative estimate of drug-likeness (QED) is 0.350. The fourth-order valence-electron chi connectivity index (χ4n) is 4.68. The molecule has 0 spiro atoms. The van der Waals surface area contributed by atoms with Gasteiger partial charge in [-0.25, -0.2) is 4.98 Å². The molecule has 10 heteroatoms. The van der Waals surface area contributed by atoms with Gasteiger partial charge in [-0.2, -0.15) is 5.10 Å². The molecule has 1 aliphatic rings. The van der Waals surface area contributed by atoms with Gasteiger partial charge in [0.05, 0.1) is 49.4 Å². The second-order valence-electron chi connectivity index (χ2n) is 9.15. The average molecular weight is 525 g/mol. The van der Waals surface area contributed by atoms with E-state index in [-0.39, 0.29) is 18.5 Å². The SMILES string of the molecule is COc1cc(OC)cc(N(CCCN2CCC(O)C2)c2ccc3ncc(-c4cnn(C)c4)nc3c2)c1.Cl. The molecule has 1 aliphatic heterocycles. The normalized spacial score (nSPS) is 15.5. The van der Waals surface area contributed by atoms with Gasteiger partial charge in [0.15, 0.2) is 0 Å². The highest BCUT2D eigenvalue weighted by Gasteiger charge is 2.20. The number of aromatic nitrogens is 4. The molecule has 9 nitrogen and oxygen atoms in total. The number of methoxy groups -OCH3 is 2. The van der Waals surface area contributed by atoms with Gasteiger partial charge in [-0.15, -0.1) is 12.4 Å². The molecule has 2 aromatic heterocycles. The van der Waals surface area contributed by atoms with E-state index in [9.17, 15) is 5.11 Å². The van der Waals surface area contributed by atoms with Crippen molar-refractivity contribution in [2.45, 2.75) is 18.9 Å². The summed E-state index contributed by atoms with van der Waals surface area (Å²) in [6, 6.07) is 12.1. The smallest absolute Gasteiger partial charge is 0.124 e. The summed E-state index contributed by atoms with van der Waals surface area (Å²) in [5.74, 6) is 1.47. The molecule has 37 heavy (non-hydrogen) atoms. The Morgan fingerprint density at radius 3 is 2.46 bits per heavy atom. The van der Waals surface area contributed by atoms with E-state index >= 15 is 0 Å². The van der Waals surface area contributed by atoms with E-state index in [2.05, 4.69) is 32.0 Å². The lowest BCUT2D eigenvalue weighted by molar-refractivity contribution is 0.176. The summed E-state index contributed by atoms with van der Waals surface area (Å²) in [6.07, 6.45) is 7.09. The maximum Gasteiger partial charge on any atom is 0.124 e. The fraction of sp³-hybridized carbons (Fsp3) is 0.370. The number of halogens is 1. The van der Waals surface area contributed by atoms with Gasteiger partial charge in [-0.1, -0.05) is 0 Å². The second kappa shape index (κ2) is 11.8. The molecule has 0 aliphatic carbocycles. The number of ether oxygens (including phenoxy) is 2. The molecule has 1 atom stereocenters. The van der Waals surface area contributed by atoms with Crippen molar-refractivity contribution < 1.29 is 14.6 Å². The zero-order valence-electron chi connectivity index (χ0n) is 21.4. The van der Waals surface area contributed by atoms with Crippen LogP contribution < -0.4 is 14.4 Å². The average Bonchev–Trinajstić information content (AvgIpc) is 3.53. The van der Waals surface area contributed by atoms with Crippen molar-refractivity contribution in [3.05, 3.63) is 55.0 Å². The predicted octanol–water partition coefficient (Wildman–Crippen LogP) is 4.06. The first-order chi connectivity index (χ1) is 17.5. The van der Waals surface area contributed by atoms with Crippen LogP contribution in [-0.4, -0.2) is 76.3 Å². The molecule has 1 N–H and O–H groups in total. The molecular formula is C27H33ClN6O3. The first kappa shape index (κ1) is 26.7. The van der Waals surface area contributed by atoms with Crippen molar-refractivity contribution in [1.82, 2.24) is 24.6 Å². The van der Waals surface area contributed by atoms with Gasteiger partial charge in [0, 0.05) is 68.0 Å². The topological polar surface area (TPSA) is 88.8 Å². The summed E-state index contributed by atoms with van der Waals surface area (Å²) in [7, 11) is 5.21. The third-order valence-electron chi connectivity index (χ3n) is 6.59. The maximum atomic E-state index is 9.89. The Labute approximate surface area is 223 Å². The number of anilines is 2. The lowest BCUT2D eigenvalue weighted by Gasteiger charge is -2.27. The monoisotopic (exact) mass is 524 g/mol. The van der Waals surface area contributed by atoms with Crippen molar-refractivity contribution in [2.24, 2.45) is 7.05 Å². The minimum absolute atomic E-state index is 0. The van der Waals surface area contributed by atoms with Gasteiger partial charge in [-0.3, -0.25) is 9.67 Å². The van der Waals surface area contributed by atoms with Crippen molar-refractivity contribution in [2.75, 3.05) is 45.3 Å². The second-order valence-corrected chi connectivity index (χ2v) is 9.15. The summed E-state index contributed by atoms with van der Waals surface area (Å²) in [5, 5.41) is 14.1. The minimum atomic E-state index is -0.211. The molecule has 0 saturated carbocycles. The largest absolute Gasteiger partial charge is 0.497 e. The number of benzene rings is 2. The number of hydrogen-bond donors (Lipinski definition) is 1. The number of β-amino-alcohol motifs (C(OH)–C–C–N with tert-alkyl or cyclic N) is 1. The summed E-state index contributed by atoms with van der Waals surface area (Å²) in [5.41, 5.74) is 5.35. The molecule has 0 radical (unpaired) electrons. The molecule has 4 aromatic rings. The predicted molar refractivity (Wildman–Crippen MR) is 147 cm³/mol. The van der Waals surface area contributed by atoms with Gasteiger partial charge >= 0.3 is 0 Å². The third-order valence-corrected chi connectivity index (χ3v) is 6.59. The van der Waals surface area contributed by atoms with Crippen molar-refractivity contribution in [3.8, 4) is 22.8 Å². The van der Waals surface area contributed by atoms with E-state index in [0.717, 1.165) is 84.2 Å². The Bertz CT molecular complexity index is 1320. The van der Waals surface area contributed by atoms with Crippen molar-refractivity contribution in [1.29, 1.82) is 0 Å². The van der Waals surface area contributed by atoms with Crippen LogP contribution in [0.15, 0.2) is 55.0 Å². The van der Waals surface area contributed by atoms with Crippen LogP contribution in [-0.2, 0) is 7.05 Å². The number of aliphatic hydroxyl groups excluding tert-OH is 1. The van der Waals surface area contributed by atoms with Crippen LogP contribution in [0.3, 0.4) is 0 Å². The first-order valence-electron chi connectivity index (χ1n) is 12.2. The van der Waals surface area contributed by atoms with E-state index in [1.54, 1.807) is 31.3 Å². The third kappa shape index (κ3) is 6.12. The van der Waals surface area contributed by atoms with E-state index < -0.39 is 0 Å². The van der Waals surface area contributed by atoms with E-state index in [1.165, 1.54) is 0 Å². The van der Waals surface area contributed by atoms with Crippen LogP contribution in [0.4, 0.5) is 11.4 Å². The Hall–Kier alpha value is -3.40. The summed E-state index contributed by atoms with van der Waals surface area (Å²) < 4.78 is 12.8. The molecule has 3 heterocycles. The molecule has 1 fully saturated rings. The van der Waals surface area contributed by atoms with Crippen LogP contribution in [0.2, 0.25) is 0 Å². The van der Waals surface area contributed by atoms with E-state index in [4.69, 9.17) is 14.5 Å². The molecule has 1 unspecified atom stereocenters. The zero-order chi connectivity index (χ0) is 25.1. The van der Waals surface area contributed by atoms with E-state index in [0.29, 0.717) is 0 Å². The summed E-state index contributed by atoms with van der Waals surface area (Å²) in [6.45, 7) is 3.39. The fourth-order valence-corrected chi connectivity index (χ4v) is 4.68. The van der Waals surface area contributed by atoms with Gasteiger partial charge in [-0.05, 0) is 37.6 Å². The molecule has 5 rings (SSSR count). The Kier molecular flexibility index (Phi) is 8.48. The molecule has 2 aromatic carbocycles. The number of aliphatic hydroxyl groups is 1. The molecule has 0 amide bonds. The molecule has 1 saturated heterocycles. The number of rotatable bonds is 9. The number of aryl methyl sites for hydroxylation is 1. The van der Waals surface area contributed by atoms with Crippen LogP contribution in [0, 0.1) is 0 Å². The van der Waals surface area contributed by atoms with Gasteiger partial charge in [0.1, 0.15) is 11.5 Å². The molecule has 0 bridgehead atoms. The lowest BCUT2D eigenvalue weighted by Crippen LogP contribution is -2.27. The standard InChI is InChI=1S/C27H32N6O3.ClH/c1-31-17-19(15-29-31)27-16-28-25-6-5-20(13-26(25)30-27)33(9-4-8-32-10-7-22(34)18-32)21-11-23(35-2)14-24(12-21)36-3;/h5-6,11-17,22,34H,4,7-10,18H2,1-3H3;1H. The number of hydrogen-bond acceptors (Lipinski definition) is 8. The number of fused-ring (bicyclic) bond motifs is 1. The van der Waals surface area contributed by atoms with Crippen LogP contribution in [0.1, 0.15) is 12.8 Å². The highest BCUT2D eigenvalue weighted by atomic mass is 35.5. The van der Waals surface area contributed by atoms with Gasteiger partial charge in [0.25, 0.3) is 0 Å². The highest BCUT2D eigenvalue weighted by molar-refractivity contribution is 5.85. The molecular weight excluding hydrogens is 492 g/mol. The Morgan fingerprint density at radius 2 is 1.81 bits per heavy atom. The van der Waals surface area contributed by atoms with Gasteiger partial charge < -0.3 is 24.4 Å². The number of likely N-dealkylation sites (tertiary alicyclic amines) is 1. The van der Waals surface area contributed by atoms with Gasteiger partial charge in [0.2, 0.25) is 0 Å². The maximum absolute atomic E-state index is 9.89. The van der Waals surface area contributed by atoms with Crippen molar-refractivity contribution >= 4 is 34.8 Å². The van der Waals surface area contributed by atoms with Crippen LogP contribution >= 0.6 is 12.4 Å². The summed E-state index contributed by atoms with van der Waals surface area (Å²) in [4.78, 5) is 14.1. The Morgan fingerprint density at radius 1 is 1.03 bits per heavy atom. The van der Waals surface area contributed by atoms with Crippen LogP contribution in [0.25, 0.3) is 22.3 Å². The number of nitrogens with zero attached hydrogens (tertiary/aromatic N) is 6. The first-order valence-corrected chi connectivity index (χ1v) is 12.2. The highest BCUT2D eigenvalue weighted by Crippen LogP contribution is 2.34. The van der Waals surface area contributed by atoms with E-state index in [1.807, 2.05) is 37.5 Å². The van der Waals surface area contributed by atoms with Crippen LogP contribution in [0.5, 0.6) is 11.5 Å². The zero-order valence-corrected chi connectivity index (χ0v) is 22.2. The molecule has 196 valence electrons.